The first-order valence-corrected chi connectivity index (χ1v) is 6.10. The third kappa shape index (κ3) is 3.98. The zero-order valence-electron chi connectivity index (χ0n) is 10.8. The summed E-state index contributed by atoms with van der Waals surface area (Å²) in [5, 5.41) is 9.31. The second-order valence-corrected chi connectivity index (χ2v) is 4.42. The molecule has 3 nitrogen and oxygen atoms in total. The summed E-state index contributed by atoms with van der Waals surface area (Å²) < 4.78 is 37.3. The first-order valence-electron chi connectivity index (χ1n) is 6.10. The number of carboxylic acid groups (broad SMARTS) is 1. The molecular weight excluding hydrogens is 283 g/mol. The number of para-hydroxylation sites is 1. The van der Waals surface area contributed by atoms with Gasteiger partial charge in [-0.3, -0.25) is 0 Å². The molecule has 0 bridgehead atoms. The molecule has 2 rings (SSSR count). The maximum Gasteiger partial charge on any atom is 0.416 e. The Bertz CT molecular complexity index is 626. The average Bonchev–Trinajstić information content (AvgIpc) is 2.38. The van der Waals surface area contributed by atoms with Gasteiger partial charge in [-0.2, -0.15) is 13.2 Å². The van der Waals surface area contributed by atoms with E-state index in [0.717, 1.165) is 4.90 Å². The Hall–Kier alpha value is -2.50. The van der Waals surface area contributed by atoms with Gasteiger partial charge in [0.2, 0.25) is 0 Å². The number of hydrogen-bond acceptors (Lipinski definition) is 1. The van der Waals surface area contributed by atoms with Crippen LogP contribution in [-0.4, -0.2) is 17.4 Å². The molecule has 0 spiro atoms. The van der Waals surface area contributed by atoms with Crippen LogP contribution in [0.3, 0.4) is 0 Å². The number of hydrogen-bond donors (Lipinski definition) is 1. The zero-order chi connectivity index (χ0) is 15.5. The lowest BCUT2D eigenvalue weighted by Crippen LogP contribution is -2.23. The molecule has 0 saturated carbocycles. The van der Waals surface area contributed by atoms with Crippen LogP contribution >= 0.6 is 0 Å². The summed E-state index contributed by atoms with van der Waals surface area (Å²) in [5.74, 6) is 0. The van der Waals surface area contributed by atoms with Crippen molar-refractivity contribution in [3.8, 4) is 0 Å². The van der Waals surface area contributed by atoms with E-state index >= 15 is 0 Å². The predicted molar refractivity (Wildman–Crippen MR) is 72.8 cm³/mol. The number of rotatable bonds is 3. The van der Waals surface area contributed by atoms with Crippen molar-refractivity contribution >= 4 is 17.5 Å². The van der Waals surface area contributed by atoms with E-state index in [0.29, 0.717) is 5.69 Å². The maximum absolute atomic E-state index is 12.4. The molecule has 2 aromatic carbocycles. The monoisotopic (exact) mass is 295 g/mol. The van der Waals surface area contributed by atoms with E-state index in [9.17, 15) is 23.1 Å². The molecule has 0 aliphatic carbocycles. The van der Waals surface area contributed by atoms with Crippen LogP contribution in [0.15, 0.2) is 54.6 Å². The van der Waals surface area contributed by atoms with Crippen molar-refractivity contribution in [2.45, 2.75) is 12.6 Å². The third-order valence-corrected chi connectivity index (χ3v) is 2.78. The van der Waals surface area contributed by atoms with Gasteiger partial charge in [0.05, 0.1) is 17.8 Å². The van der Waals surface area contributed by atoms with Crippen molar-refractivity contribution in [3.05, 3.63) is 60.2 Å². The molecule has 2 aromatic rings. The summed E-state index contributed by atoms with van der Waals surface area (Å²) in [6, 6.07) is 13.6. The standard InChI is InChI=1S/C15H12F3NO2/c16-15(17,18)10-11-5-4-8-13(9-11)19(14(20)21)12-6-2-1-3-7-12/h1-9H,10H2,(H,20,21). The van der Waals surface area contributed by atoms with Crippen LogP contribution in [0, 0.1) is 0 Å². The molecule has 6 heteroatoms. The third-order valence-electron chi connectivity index (χ3n) is 2.78. The topological polar surface area (TPSA) is 40.5 Å². The fraction of sp³-hybridized carbons (Fsp3) is 0.133. The molecule has 110 valence electrons. The Morgan fingerprint density at radius 2 is 1.62 bits per heavy atom. The highest BCUT2D eigenvalue weighted by Crippen LogP contribution is 2.28. The number of amides is 1. The molecule has 0 unspecified atom stereocenters. The van der Waals surface area contributed by atoms with Gasteiger partial charge in [-0.05, 0) is 29.8 Å². The molecule has 0 aromatic heterocycles. The lowest BCUT2D eigenvalue weighted by Gasteiger charge is -2.20. The van der Waals surface area contributed by atoms with Crippen LogP contribution in [0.5, 0.6) is 0 Å². The maximum atomic E-state index is 12.4. The summed E-state index contributed by atoms with van der Waals surface area (Å²) in [6.07, 6.45) is -6.69. The Morgan fingerprint density at radius 3 is 2.19 bits per heavy atom. The zero-order valence-corrected chi connectivity index (χ0v) is 10.8. The van der Waals surface area contributed by atoms with Crippen LogP contribution in [0.1, 0.15) is 5.56 Å². The van der Waals surface area contributed by atoms with E-state index in [2.05, 4.69) is 0 Å². The molecule has 0 aliphatic heterocycles. The highest BCUT2D eigenvalue weighted by Gasteiger charge is 2.28. The van der Waals surface area contributed by atoms with Gasteiger partial charge in [-0.25, -0.2) is 9.69 Å². The first-order chi connectivity index (χ1) is 9.87. The number of alkyl halides is 3. The Labute approximate surface area is 119 Å². The van der Waals surface area contributed by atoms with Gasteiger partial charge >= 0.3 is 12.3 Å². The smallest absolute Gasteiger partial charge is 0.416 e. The van der Waals surface area contributed by atoms with E-state index in [1.54, 1.807) is 30.3 Å². The number of halogens is 3. The van der Waals surface area contributed by atoms with Crippen LogP contribution < -0.4 is 4.90 Å². The second kappa shape index (κ2) is 5.87. The van der Waals surface area contributed by atoms with Crippen molar-refractivity contribution in [1.82, 2.24) is 0 Å². The molecule has 1 amide bonds. The molecule has 0 saturated heterocycles. The van der Waals surface area contributed by atoms with Gasteiger partial charge in [0, 0.05) is 0 Å². The fourth-order valence-corrected chi connectivity index (χ4v) is 1.98. The van der Waals surface area contributed by atoms with E-state index in [-0.39, 0.29) is 11.3 Å². The molecular formula is C15H12F3NO2. The van der Waals surface area contributed by atoms with E-state index in [1.807, 2.05) is 0 Å². The van der Waals surface area contributed by atoms with Crippen molar-refractivity contribution in [1.29, 1.82) is 0 Å². The van der Waals surface area contributed by atoms with Gasteiger partial charge in [0.25, 0.3) is 0 Å². The van der Waals surface area contributed by atoms with Crippen molar-refractivity contribution in [2.75, 3.05) is 4.90 Å². The minimum Gasteiger partial charge on any atom is -0.464 e. The summed E-state index contributed by atoms with van der Waals surface area (Å²) in [5.41, 5.74) is 0.562. The summed E-state index contributed by atoms with van der Waals surface area (Å²) in [7, 11) is 0. The van der Waals surface area contributed by atoms with E-state index in [4.69, 9.17) is 0 Å². The van der Waals surface area contributed by atoms with E-state index < -0.39 is 18.7 Å². The van der Waals surface area contributed by atoms with Crippen LogP contribution in [0.25, 0.3) is 0 Å². The molecule has 1 N–H and O–H groups in total. The fourth-order valence-electron chi connectivity index (χ4n) is 1.98. The number of benzene rings is 2. The Balaban J connectivity index is 2.38. The highest BCUT2D eigenvalue weighted by molar-refractivity contribution is 5.94. The van der Waals surface area contributed by atoms with Crippen LogP contribution in [-0.2, 0) is 6.42 Å². The number of anilines is 2. The van der Waals surface area contributed by atoms with Crippen molar-refractivity contribution in [2.24, 2.45) is 0 Å². The van der Waals surface area contributed by atoms with Crippen LogP contribution in [0.2, 0.25) is 0 Å². The lowest BCUT2D eigenvalue weighted by atomic mass is 10.1. The normalized spacial score (nSPS) is 11.2. The summed E-state index contributed by atoms with van der Waals surface area (Å²) in [6.45, 7) is 0. The molecule has 0 heterocycles. The first kappa shape index (κ1) is 14.9. The quantitative estimate of drug-likeness (QED) is 0.898. The SMILES string of the molecule is O=C(O)N(c1ccccc1)c1cccc(CC(F)(F)F)c1. The van der Waals surface area contributed by atoms with Gasteiger partial charge in [0.1, 0.15) is 0 Å². The molecule has 0 radical (unpaired) electrons. The minimum atomic E-state index is -4.33. The minimum absolute atomic E-state index is 0.0159. The van der Waals surface area contributed by atoms with Crippen LogP contribution in [0.4, 0.5) is 29.3 Å². The summed E-state index contributed by atoms with van der Waals surface area (Å²) >= 11 is 0. The average molecular weight is 295 g/mol. The predicted octanol–water partition coefficient (Wildman–Crippen LogP) is 4.61. The molecule has 21 heavy (non-hydrogen) atoms. The van der Waals surface area contributed by atoms with E-state index in [1.165, 1.54) is 24.3 Å². The second-order valence-electron chi connectivity index (χ2n) is 4.42. The highest BCUT2D eigenvalue weighted by atomic mass is 19.4. The number of carbonyl (C=O) groups is 1. The Kier molecular flexibility index (Phi) is 4.16. The van der Waals surface area contributed by atoms with Gasteiger partial charge in [0.15, 0.2) is 0 Å². The number of nitrogens with zero attached hydrogens (tertiary/aromatic N) is 1. The largest absolute Gasteiger partial charge is 0.464 e. The molecule has 0 fully saturated rings. The van der Waals surface area contributed by atoms with Gasteiger partial charge in [-0.1, -0.05) is 30.3 Å². The molecule has 0 aliphatic rings. The summed E-state index contributed by atoms with van der Waals surface area (Å²) in [4.78, 5) is 12.3. The Morgan fingerprint density at radius 1 is 1.00 bits per heavy atom. The van der Waals surface area contributed by atoms with Gasteiger partial charge in [-0.15, -0.1) is 0 Å². The van der Waals surface area contributed by atoms with Crippen molar-refractivity contribution < 1.29 is 23.1 Å². The lowest BCUT2D eigenvalue weighted by molar-refractivity contribution is -0.127. The van der Waals surface area contributed by atoms with Crippen molar-refractivity contribution in [3.63, 3.8) is 0 Å². The van der Waals surface area contributed by atoms with Gasteiger partial charge < -0.3 is 5.11 Å². The molecule has 0 atom stereocenters.